The van der Waals surface area contributed by atoms with E-state index in [0.29, 0.717) is 22.8 Å². The number of fused-ring (bicyclic) bond motifs is 2. The maximum atomic E-state index is 13.8. The van der Waals surface area contributed by atoms with Gasteiger partial charge in [-0.3, -0.25) is 4.79 Å². The third-order valence-corrected chi connectivity index (χ3v) is 4.41. The summed E-state index contributed by atoms with van der Waals surface area (Å²) in [6, 6.07) is 4.99. The number of nitrogens with zero attached hydrogens (tertiary/aromatic N) is 3. The van der Waals surface area contributed by atoms with Gasteiger partial charge in [-0.25, -0.2) is 13.9 Å². The Morgan fingerprint density at radius 2 is 2.22 bits per heavy atom. The number of aromatic nitrogens is 3. The van der Waals surface area contributed by atoms with E-state index >= 15 is 0 Å². The number of benzene rings is 1. The number of rotatable bonds is 1. The highest BCUT2D eigenvalue weighted by molar-refractivity contribution is 5.99. The van der Waals surface area contributed by atoms with Crippen LogP contribution in [0.5, 0.6) is 5.75 Å². The number of aliphatic hydroxyl groups is 1. The molecule has 0 saturated heterocycles. The number of anilines is 1. The molecule has 1 aromatic carbocycles. The fourth-order valence-corrected chi connectivity index (χ4v) is 2.99. The van der Waals surface area contributed by atoms with Crippen molar-refractivity contribution < 1.29 is 19.0 Å². The average Bonchev–Trinajstić information content (AvgIpc) is 3.08. The molecule has 27 heavy (non-hydrogen) atoms. The van der Waals surface area contributed by atoms with E-state index in [-0.39, 0.29) is 30.6 Å². The predicted octanol–water partition coefficient (Wildman–Crippen LogP) is 1.52. The van der Waals surface area contributed by atoms with Gasteiger partial charge in [0.15, 0.2) is 5.65 Å². The van der Waals surface area contributed by atoms with Gasteiger partial charge in [-0.05, 0) is 31.2 Å². The number of carbonyl (C=O) groups excluding carboxylic acids is 1. The summed E-state index contributed by atoms with van der Waals surface area (Å²) in [5.41, 5.74) is 1.27. The molecule has 0 radical (unpaired) electrons. The zero-order chi connectivity index (χ0) is 19.0. The lowest BCUT2D eigenvalue weighted by molar-refractivity contribution is 0.0890. The summed E-state index contributed by atoms with van der Waals surface area (Å²) >= 11 is 0. The van der Waals surface area contributed by atoms with E-state index in [2.05, 4.69) is 20.7 Å². The van der Waals surface area contributed by atoms with Crippen LogP contribution in [0.1, 0.15) is 28.9 Å². The van der Waals surface area contributed by atoms with Gasteiger partial charge in [0.25, 0.3) is 5.91 Å². The van der Waals surface area contributed by atoms with Gasteiger partial charge in [0.1, 0.15) is 29.6 Å². The molecule has 9 heteroatoms. The summed E-state index contributed by atoms with van der Waals surface area (Å²) in [5, 5.41) is 19.6. The van der Waals surface area contributed by atoms with Crippen LogP contribution in [-0.2, 0) is 0 Å². The molecule has 8 nitrogen and oxygen atoms in total. The van der Waals surface area contributed by atoms with E-state index in [1.807, 2.05) is 6.92 Å². The molecule has 3 N–H and O–H groups in total. The molecule has 3 heterocycles. The minimum absolute atomic E-state index is 0.0308. The lowest BCUT2D eigenvalue weighted by Gasteiger charge is -2.21. The van der Waals surface area contributed by atoms with Crippen LogP contribution in [0.3, 0.4) is 0 Å². The van der Waals surface area contributed by atoms with Crippen molar-refractivity contribution in [3.8, 4) is 5.75 Å². The molecule has 1 amide bonds. The van der Waals surface area contributed by atoms with Crippen molar-refractivity contribution >= 4 is 17.4 Å². The minimum atomic E-state index is -0.641. The summed E-state index contributed by atoms with van der Waals surface area (Å²) in [4.78, 5) is 17.0. The fourth-order valence-electron chi connectivity index (χ4n) is 2.99. The number of halogens is 1. The zero-order valence-corrected chi connectivity index (χ0v) is 14.5. The first-order valence-electron chi connectivity index (χ1n) is 8.50. The quantitative estimate of drug-likeness (QED) is 0.600. The number of aliphatic hydroxyl groups excluding tert-OH is 1. The topological polar surface area (TPSA) is 101 Å². The molecule has 3 aromatic rings. The molecule has 1 aliphatic heterocycles. The second-order valence-corrected chi connectivity index (χ2v) is 6.35. The maximum Gasteiger partial charge on any atom is 0.257 e. The van der Waals surface area contributed by atoms with E-state index in [1.54, 1.807) is 12.3 Å². The number of nitrogens with one attached hydrogen (secondary N) is 2. The molecule has 2 atom stereocenters. The van der Waals surface area contributed by atoms with Gasteiger partial charge >= 0.3 is 0 Å². The number of ether oxygens (including phenoxy) is 1. The highest BCUT2D eigenvalue weighted by Crippen LogP contribution is 2.29. The van der Waals surface area contributed by atoms with Gasteiger partial charge in [-0.15, -0.1) is 0 Å². The van der Waals surface area contributed by atoms with Crippen molar-refractivity contribution in [2.24, 2.45) is 0 Å². The van der Waals surface area contributed by atoms with E-state index in [1.165, 1.54) is 28.9 Å². The van der Waals surface area contributed by atoms with Gasteiger partial charge in [0.05, 0.1) is 24.9 Å². The van der Waals surface area contributed by atoms with Crippen molar-refractivity contribution in [1.82, 2.24) is 19.9 Å². The van der Waals surface area contributed by atoms with E-state index in [0.717, 1.165) is 0 Å². The molecule has 0 saturated carbocycles. The Labute approximate surface area is 154 Å². The van der Waals surface area contributed by atoms with Crippen molar-refractivity contribution in [2.45, 2.75) is 19.0 Å². The Kier molecular flexibility index (Phi) is 4.36. The summed E-state index contributed by atoms with van der Waals surface area (Å²) in [5.74, 6) is 0.179. The lowest BCUT2D eigenvalue weighted by Crippen LogP contribution is -2.41. The molecule has 0 fully saturated rings. The average molecular weight is 371 g/mol. The summed E-state index contributed by atoms with van der Waals surface area (Å²) < 4.78 is 21.1. The fraction of sp³-hybridized carbons (Fsp3) is 0.278. The third-order valence-electron chi connectivity index (χ3n) is 4.41. The number of carbonyl (C=O) groups is 1. The number of amides is 1. The second kappa shape index (κ2) is 6.84. The smallest absolute Gasteiger partial charge is 0.257 e. The van der Waals surface area contributed by atoms with Gasteiger partial charge in [-0.1, -0.05) is 0 Å². The molecule has 1 aliphatic rings. The monoisotopic (exact) mass is 371 g/mol. The molecular formula is C18H18FN5O3. The van der Waals surface area contributed by atoms with Gasteiger partial charge in [0, 0.05) is 11.8 Å². The highest BCUT2D eigenvalue weighted by atomic mass is 19.1. The van der Waals surface area contributed by atoms with Crippen LogP contribution in [-0.4, -0.2) is 44.9 Å². The Balaban J connectivity index is 1.82. The van der Waals surface area contributed by atoms with Crippen molar-refractivity contribution in [3.05, 3.63) is 53.6 Å². The predicted molar refractivity (Wildman–Crippen MR) is 95.3 cm³/mol. The van der Waals surface area contributed by atoms with E-state index in [4.69, 9.17) is 4.74 Å². The van der Waals surface area contributed by atoms with E-state index < -0.39 is 11.9 Å². The molecular weight excluding hydrogens is 353 g/mol. The maximum absolute atomic E-state index is 13.8. The van der Waals surface area contributed by atoms with Crippen molar-refractivity contribution in [1.29, 1.82) is 0 Å². The van der Waals surface area contributed by atoms with Gasteiger partial charge in [-0.2, -0.15) is 5.10 Å². The Morgan fingerprint density at radius 1 is 1.37 bits per heavy atom. The standard InChI is InChI=1S/C18H18FN5O3/c1-10-13-6-11(19)2-3-15(13)27-9-12(8-25)22-18(26)14-7-20-24-5-4-16(21-10)23-17(14)24/h2-7,10,12,25H,8-9H2,1H3,(H,21,23)(H,22,26)/t10-,12+/m1/s1. The van der Waals surface area contributed by atoms with Crippen LogP contribution >= 0.6 is 0 Å². The molecule has 0 aliphatic carbocycles. The number of hydrogen-bond acceptors (Lipinski definition) is 6. The van der Waals surface area contributed by atoms with Gasteiger partial charge in [0.2, 0.25) is 0 Å². The van der Waals surface area contributed by atoms with E-state index in [9.17, 15) is 14.3 Å². The molecule has 2 bridgehead atoms. The van der Waals surface area contributed by atoms with Gasteiger partial charge < -0.3 is 20.5 Å². The SMILES string of the molecule is C[C@H]1Nc2ccn3ncc(c3n2)C(=O)N[C@@H](CO)COc2ccc(F)cc21. The first kappa shape index (κ1) is 17.2. The first-order chi connectivity index (χ1) is 13.0. The Morgan fingerprint density at radius 3 is 3.04 bits per heavy atom. The minimum Gasteiger partial charge on any atom is -0.491 e. The molecule has 0 spiro atoms. The zero-order valence-electron chi connectivity index (χ0n) is 14.5. The second-order valence-electron chi connectivity index (χ2n) is 6.35. The summed E-state index contributed by atoms with van der Waals surface area (Å²) in [6.45, 7) is 1.58. The molecule has 140 valence electrons. The van der Waals surface area contributed by atoms with Crippen molar-refractivity contribution in [3.63, 3.8) is 0 Å². The van der Waals surface area contributed by atoms with Crippen LogP contribution in [0, 0.1) is 5.82 Å². The lowest BCUT2D eigenvalue weighted by atomic mass is 10.1. The third kappa shape index (κ3) is 3.28. The van der Waals surface area contributed by atoms with Crippen LogP contribution in [0.15, 0.2) is 36.7 Å². The first-order valence-corrected chi connectivity index (χ1v) is 8.50. The van der Waals surface area contributed by atoms with Crippen LogP contribution in [0.2, 0.25) is 0 Å². The van der Waals surface area contributed by atoms with Crippen LogP contribution in [0.25, 0.3) is 5.65 Å². The largest absolute Gasteiger partial charge is 0.491 e. The Bertz CT molecular complexity index is 1010. The summed E-state index contributed by atoms with van der Waals surface area (Å²) in [6.07, 6.45) is 3.10. The Hall–Kier alpha value is -3.20. The number of hydrogen-bond donors (Lipinski definition) is 3. The normalized spacial score (nSPS) is 19.9. The highest BCUT2D eigenvalue weighted by Gasteiger charge is 2.21. The van der Waals surface area contributed by atoms with Crippen molar-refractivity contribution in [2.75, 3.05) is 18.5 Å². The van der Waals surface area contributed by atoms with Crippen LogP contribution < -0.4 is 15.4 Å². The van der Waals surface area contributed by atoms with Crippen LogP contribution in [0.4, 0.5) is 10.2 Å². The molecule has 4 rings (SSSR count). The summed E-state index contributed by atoms with van der Waals surface area (Å²) in [7, 11) is 0. The molecule has 2 aromatic heterocycles. The molecule has 0 unspecified atom stereocenters.